The van der Waals surface area contributed by atoms with Gasteiger partial charge in [-0.15, -0.1) is 0 Å². The molecule has 0 saturated heterocycles. The summed E-state index contributed by atoms with van der Waals surface area (Å²) in [6, 6.07) is 7.95. The molecule has 5 heteroatoms. The Morgan fingerprint density at radius 2 is 2.00 bits per heavy atom. The van der Waals surface area contributed by atoms with E-state index in [0.717, 1.165) is 35.5 Å². The lowest BCUT2D eigenvalue weighted by Gasteiger charge is -2.12. The third-order valence-corrected chi connectivity index (χ3v) is 3.06. The number of quaternary nitrogens is 1. The van der Waals surface area contributed by atoms with Crippen LogP contribution in [-0.2, 0) is 6.42 Å². The normalized spacial score (nSPS) is 12.8. The molecular formula is C15H23N4O+. The first-order chi connectivity index (χ1) is 9.56. The van der Waals surface area contributed by atoms with Gasteiger partial charge in [-0.25, -0.2) is 9.97 Å². The molecule has 0 unspecified atom stereocenters. The number of likely N-dealkylation sites (N-methyl/N-ethyl adjacent to an activating group) is 1. The van der Waals surface area contributed by atoms with Gasteiger partial charge in [-0.05, 0) is 19.1 Å². The summed E-state index contributed by atoms with van der Waals surface area (Å²) in [7, 11) is 4.24. The molecule has 0 fully saturated rings. The maximum atomic E-state index is 9.42. The molecule has 1 aromatic carbocycles. The predicted molar refractivity (Wildman–Crippen MR) is 81.1 cm³/mol. The highest BCUT2D eigenvalue weighted by Crippen LogP contribution is 2.20. The number of hydrogen-bond acceptors (Lipinski definition) is 4. The van der Waals surface area contributed by atoms with Gasteiger partial charge in [0.25, 0.3) is 0 Å². The van der Waals surface area contributed by atoms with E-state index < -0.39 is 6.10 Å². The molecular weight excluding hydrogens is 252 g/mol. The molecule has 0 bridgehead atoms. The van der Waals surface area contributed by atoms with E-state index in [0.29, 0.717) is 6.54 Å². The van der Waals surface area contributed by atoms with Gasteiger partial charge >= 0.3 is 0 Å². The summed E-state index contributed by atoms with van der Waals surface area (Å²) in [6.07, 6.45) is 0.440. The van der Waals surface area contributed by atoms with E-state index in [2.05, 4.69) is 29.4 Å². The first-order valence-electron chi connectivity index (χ1n) is 7.03. The van der Waals surface area contributed by atoms with E-state index >= 15 is 0 Å². The number of para-hydroxylation sites is 1. The van der Waals surface area contributed by atoms with Crippen molar-refractivity contribution in [1.82, 2.24) is 9.97 Å². The zero-order chi connectivity index (χ0) is 14.5. The van der Waals surface area contributed by atoms with Crippen LogP contribution in [0.25, 0.3) is 10.9 Å². The molecule has 0 radical (unpaired) electrons. The molecule has 0 amide bonds. The second-order valence-corrected chi connectivity index (χ2v) is 5.44. The molecule has 108 valence electrons. The van der Waals surface area contributed by atoms with Crippen LogP contribution in [-0.4, -0.2) is 48.4 Å². The van der Waals surface area contributed by atoms with Crippen LogP contribution in [0, 0.1) is 0 Å². The van der Waals surface area contributed by atoms with Crippen LogP contribution in [0.15, 0.2) is 24.3 Å². The topological polar surface area (TPSA) is 62.5 Å². The van der Waals surface area contributed by atoms with Gasteiger partial charge in [0.05, 0.1) is 38.7 Å². The lowest BCUT2D eigenvalue weighted by Crippen LogP contribution is -3.06. The lowest BCUT2D eigenvalue weighted by atomic mass is 10.2. The fourth-order valence-electron chi connectivity index (χ4n) is 1.98. The Morgan fingerprint density at radius 3 is 2.70 bits per heavy atom. The van der Waals surface area contributed by atoms with Gasteiger partial charge in [-0.1, -0.05) is 12.1 Å². The molecule has 2 aromatic rings. The van der Waals surface area contributed by atoms with Crippen LogP contribution in [0.2, 0.25) is 0 Å². The van der Waals surface area contributed by atoms with Gasteiger partial charge in [0.1, 0.15) is 11.6 Å². The summed E-state index contributed by atoms with van der Waals surface area (Å²) in [5.74, 6) is 1.65. The summed E-state index contributed by atoms with van der Waals surface area (Å²) >= 11 is 0. The maximum Gasteiger partial charge on any atom is 0.137 e. The number of aliphatic hydroxyl groups is 1. The Hall–Kier alpha value is -1.72. The molecule has 0 aliphatic heterocycles. The van der Waals surface area contributed by atoms with E-state index in [1.165, 1.54) is 4.90 Å². The standard InChI is InChI=1S/C15H22N4O/c1-11(20)10-16-15-12-6-4-5-7-13(12)17-14(18-15)8-9-19(2)3/h4-7,11,20H,8-10H2,1-3H3,(H,16,17,18)/p+1/t11-/m0/s1. The first-order valence-corrected chi connectivity index (χ1v) is 7.03. The van der Waals surface area contributed by atoms with Crippen LogP contribution in [0.1, 0.15) is 12.7 Å². The maximum absolute atomic E-state index is 9.42. The highest BCUT2D eigenvalue weighted by molar-refractivity contribution is 5.88. The second-order valence-electron chi connectivity index (χ2n) is 5.44. The number of nitrogens with zero attached hydrogens (tertiary/aromatic N) is 2. The average Bonchev–Trinajstić information content (AvgIpc) is 2.42. The average molecular weight is 275 g/mol. The van der Waals surface area contributed by atoms with E-state index in [-0.39, 0.29) is 0 Å². The zero-order valence-corrected chi connectivity index (χ0v) is 12.3. The van der Waals surface area contributed by atoms with E-state index in [1.807, 2.05) is 24.3 Å². The molecule has 5 nitrogen and oxygen atoms in total. The summed E-state index contributed by atoms with van der Waals surface area (Å²) in [5, 5.41) is 13.6. The summed E-state index contributed by atoms with van der Waals surface area (Å²) in [5.41, 5.74) is 0.944. The van der Waals surface area contributed by atoms with Crippen molar-refractivity contribution in [2.45, 2.75) is 19.4 Å². The molecule has 0 spiro atoms. The highest BCUT2D eigenvalue weighted by atomic mass is 16.3. The number of benzene rings is 1. The molecule has 0 saturated carbocycles. The van der Waals surface area contributed by atoms with E-state index in [1.54, 1.807) is 6.92 Å². The SMILES string of the molecule is C[C@H](O)CNc1nc(CC[NH+](C)C)nc2ccccc12. The Balaban J connectivity index is 2.31. The van der Waals surface area contributed by atoms with Crippen LogP contribution >= 0.6 is 0 Å². The van der Waals surface area contributed by atoms with Crippen molar-refractivity contribution in [3.63, 3.8) is 0 Å². The van der Waals surface area contributed by atoms with Crippen molar-refractivity contribution in [2.75, 3.05) is 32.5 Å². The molecule has 1 heterocycles. The number of hydrogen-bond donors (Lipinski definition) is 3. The molecule has 0 aliphatic rings. The van der Waals surface area contributed by atoms with Gasteiger partial charge in [0.2, 0.25) is 0 Å². The Labute approximate surface area is 119 Å². The van der Waals surface area contributed by atoms with Gasteiger partial charge in [0, 0.05) is 11.9 Å². The van der Waals surface area contributed by atoms with Gasteiger partial charge < -0.3 is 15.3 Å². The number of anilines is 1. The Morgan fingerprint density at radius 1 is 1.25 bits per heavy atom. The fraction of sp³-hybridized carbons (Fsp3) is 0.467. The highest BCUT2D eigenvalue weighted by Gasteiger charge is 2.09. The second kappa shape index (κ2) is 6.63. The lowest BCUT2D eigenvalue weighted by molar-refractivity contribution is -0.858. The largest absolute Gasteiger partial charge is 0.392 e. The van der Waals surface area contributed by atoms with Crippen molar-refractivity contribution in [3.05, 3.63) is 30.1 Å². The van der Waals surface area contributed by atoms with Crippen LogP contribution in [0.3, 0.4) is 0 Å². The van der Waals surface area contributed by atoms with Crippen LogP contribution in [0.5, 0.6) is 0 Å². The molecule has 0 aliphatic carbocycles. The van der Waals surface area contributed by atoms with Crippen molar-refractivity contribution in [1.29, 1.82) is 0 Å². The van der Waals surface area contributed by atoms with Gasteiger partial charge in [0.15, 0.2) is 0 Å². The van der Waals surface area contributed by atoms with E-state index in [4.69, 9.17) is 0 Å². The molecule has 20 heavy (non-hydrogen) atoms. The number of aromatic nitrogens is 2. The van der Waals surface area contributed by atoms with Crippen LogP contribution < -0.4 is 10.2 Å². The Bertz CT molecular complexity index is 569. The minimum atomic E-state index is -0.404. The fourth-order valence-corrected chi connectivity index (χ4v) is 1.98. The summed E-state index contributed by atoms with van der Waals surface area (Å²) in [6.45, 7) is 3.24. The third kappa shape index (κ3) is 3.88. The summed E-state index contributed by atoms with van der Waals surface area (Å²) < 4.78 is 0. The van der Waals surface area contributed by atoms with Crippen molar-refractivity contribution in [2.24, 2.45) is 0 Å². The van der Waals surface area contributed by atoms with Crippen molar-refractivity contribution >= 4 is 16.7 Å². The first kappa shape index (κ1) is 14.7. The third-order valence-electron chi connectivity index (χ3n) is 3.06. The summed E-state index contributed by atoms with van der Waals surface area (Å²) in [4.78, 5) is 10.6. The monoisotopic (exact) mass is 275 g/mol. The number of fused-ring (bicyclic) bond motifs is 1. The minimum absolute atomic E-state index is 0.404. The minimum Gasteiger partial charge on any atom is -0.392 e. The Kier molecular flexibility index (Phi) is 4.87. The van der Waals surface area contributed by atoms with E-state index in [9.17, 15) is 5.11 Å². The van der Waals surface area contributed by atoms with Crippen molar-refractivity contribution < 1.29 is 10.0 Å². The molecule has 1 atom stereocenters. The smallest absolute Gasteiger partial charge is 0.137 e. The number of aliphatic hydroxyl groups excluding tert-OH is 1. The zero-order valence-electron chi connectivity index (χ0n) is 12.3. The number of nitrogens with one attached hydrogen (secondary N) is 2. The molecule has 3 N–H and O–H groups in total. The molecule has 1 aromatic heterocycles. The quantitative estimate of drug-likeness (QED) is 0.700. The molecule has 2 rings (SSSR count). The predicted octanol–water partition coefficient (Wildman–Crippen LogP) is 0.110. The van der Waals surface area contributed by atoms with Crippen molar-refractivity contribution in [3.8, 4) is 0 Å². The van der Waals surface area contributed by atoms with Gasteiger partial charge in [-0.3, -0.25) is 0 Å². The van der Waals surface area contributed by atoms with Crippen LogP contribution in [0.4, 0.5) is 5.82 Å². The van der Waals surface area contributed by atoms with Gasteiger partial charge in [-0.2, -0.15) is 0 Å². The number of rotatable bonds is 6.